The van der Waals surface area contributed by atoms with Crippen LogP contribution in [-0.2, 0) is 4.79 Å². The SMILES string of the molecule is C=C(C(=O)c1ccccc1)C(=O)N1CCCCC1. The third-order valence-corrected chi connectivity index (χ3v) is 3.21. The van der Waals surface area contributed by atoms with Gasteiger partial charge in [-0.3, -0.25) is 9.59 Å². The summed E-state index contributed by atoms with van der Waals surface area (Å²) in [4.78, 5) is 25.9. The second-order valence-corrected chi connectivity index (χ2v) is 4.53. The van der Waals surface area contributed by atoms with Gasteiger partial charge in [-0.2, -0.15) is 0 Å². The van der Waals surface area contributed by atoms with E-state index >= 15 is 0 Å². The largest absolute Gasteiger partial charge is 0.339 e. The molecule has 0 radical (unpaired) electrons. The molecule has 1 saturated heterocycles. The summed E-state index contributed by atoms with van der Waals surface area (Å²) in [6, 6.07) is 8.82. The molecule has 1 fully saturated rings. The molecule has 0 unspecified atom stereocenters. The van der Waals surface area contributed by atoms with Gasteiger partial charge in [0.2, 0.25) is 0 Å². The van der Waals surface area contributed by atoms with Crippen LogP contribution in [0.15, 0.2) is 42.5 Å². The van der Waals surface area contributed by atoms with Crippen LogP contribution in [-0.4, -0.2) is 29.7 Å². The number of carbonyl (C=O) groups is 2. The van der Waals surface area contributed by atoms with Gasteiger partial charge in [0.15, 0.2) is 5.78 Å². The quantitative estimate of drug-likeness (QED) is 0.354. The van der Waals surface area contributed by atoms with Crippen molar-refractivity contribution in [2.45, 2.75) is 19.3 Å². The predicted octanol–water partition coefficient (Wildman–Crippen LogP) is 2.44. The third-order valence-electron chi connectivity index (χ3n) is 3.21. The van der Waals surface area contributed by atoms with Crippen molar-refractivity contribution in [3.8, 4) is 0 Å². The summed E-state index contributed by atoms with van der Waals surface area (Å²) >= 11 is 0. The first kappa shape index (κ1) is 12.6. The van der Waals surface area contributed by atoms with E-state index in [1.807, 2.05) is 6.07 Å². The highest BCUT2D eigenvalue weighted by atomic mass is 16.2. The molecule has 0 spiro atoms. The number of benzene rings is 1. The topological polar surface area (TPSA) is 37.4 Å². The van der Waals surface area contributed by atoms with Crippen LogP contribution >= 0.6 is 0 Å². The number of likely N-dealkylation sites (tertiary alicyclic amines) is 1. The number of piperidine rings is 1. The van der Waals surface area contributed by atoms with E-state index in [-0.39, 0.29) is 17.3 Å². The lowest BCUT2D eigenvalue weighted by Crippen LogP contribution is -2.37. The highest BCUT2D eigenvalue weighted by Crippen LogP contribution is 2.14. The Hall–Kier alpha value is -1.90. The first-order valence-electron chi connectivity index (χ1n) is 6.28. The zero-order valence-electron chi connectivity index (χ0n) is 10.4. The highest BCUT2D eigenvalue weighted by Gasteiger charge is 2.23. The van der Waals surface area contributed by atoms with E-state index in [0.29, 0.717) is 5.56 Å². The van der Waals surface area contributed by atoms with Gasteiger partial charge in [0, 0.05) is 18.7 Å². The number of Topliss-reactive ketones (excluding diaryl/α,β-unsaturated/α-hetero) is 1. The molecule has 18 heavy (non-hydrogen) atoms. The molecule has 0 bridgehead atoms. The monoisotopic (exact) mass is 243 g/mol. The van der Waals surface area contributed by atoms with E-state index in [9.17, 15) is 9.59 Å². The van der Waals surface area contributed by atoms with E-state index in [1.54, 1.807) is 29.2 Å². The number of nitrogens with zero attached hydrogens (tertiary/aromatic N) is 1. The third kappa shape index (κ3) is 2.67. The lowest BCUT2D eigenvalue weighted by Gasteiger charge is -2.27. The minimum Gasteiger partial charge on any atom is -0.339 e. The molecule has 2 rings (SSSR count). The molecular formula is C15H17NO2. The predicted molar refractivity (Wildman–Crippen MR) is 70.3 cm³/mol. The maximum absolute atomic E-state index is 12.1. The van der Waals surface area contributed by atoms with Gasteiger partial charge in [-0.15, -0.1) is 0 Å². The molecule has 94 valence electrons. The van der Waals surface area contributed by atoms with Gasteiger partial charge in [-0.25, -0.2) is 0 Å². The fourth-order valence-electron chi connectivity index (χ4n) is 2.15. The fourth-order valence-corrected chi connectivity index (χ4v) is 2.15. The fraction of sp³-hybridized carbons (Fsp3) is 0.333. The zero-order chi connectivity index (χ0) is 13.0. The number of hydrogen-bond donors (Lipinski definition) is 0. The van der Waals surface area contributed by atoms with E-state index in [4.69, 9.17) is 0 Å². The highest BCUT2D eigenvalue weighted by molar-refractivity contribution is 6.25. The summed E-state index contributed by atoms with van der Waals surface area (Å²) in [5, 5.41) is 0. The first-order valence-corrected chi connectivity index (χ1v) is 6.28. The molecule has 3 heteroatoms. The van der Waals surface area contributed by atoms with Gasteiger partial charge < -0.3 is 4.90 Å². The Bertz CT molecular complexity index is 459. The smallest absolute Gasteiger partial charge is 0.257 e. The van der Waals surface area contributed by atoms with Crippen molar-refractivity contribution >= 4 is 11.7 Å². The normalized spacial score (nSPS) is 15.2. The van der Waals surface area contributed by atoms with E-state index in [2.05, 4.69) is 6.58 Å². The van der Waals surface area contributed by atoms with Crippen molar-refractivity contribution in [2.24, 2.45) is 0 Å². The summed E-state index contributed by atoms with van der Waals surface area (Å²) in [6.07, 6.45) is 3.18. The average molecular weight is 243 g/mol. The zero-order valence-corrected chi connectivity index (χ0v) is 10.4. The molecule has 0 aromatic heterocycles. The van der Waals surface area contributed by atoms with Crippen molar-refractivity contribution in [2.75, 3.05) is 13.1 Å². The van der Waals surface area contributed by atoms with Gasteiger partial charge in [0.25, 0.3) is 5.91 Å². The lowest BCUT2D eigenvalue weighted by molar-refractivity contribution is -0.127. The first-order chi connectivity index (χ1) is 8.70. The Kier molecular flexibility index (Phi) is 3.92. The molecule has 3 nitrogen and oxygen atoms in total. The molecule has 1 aliphatic heterocycles. The van der Waals surface area contributed by atoms with Gasteiger partial charge in [0.05, 0.1) is 5.57 Å². The standard InChI is InChI=1S/C15H17NO2/c1-12(14(17)13-8-4-2-5-9-13)15(18)16-10-6-3-7-11-16/h2,4-5,8-9H,1,3,6-7,10-11H2. The average Bonchev–Trinajstić information content (AvgIpc) is 2.47. The van der Waals surface area contributed by atoms with Crippen LogP contribution in [0.3, 0.4) is 0 Å². The van der Waals surface area contributed by atoms with E-state index < -0.39 is 0 Å². The van der Waals surface area contributed by atoms with Gasteiger partial charge in [-0.1, -0.05) is 36.9 Å². The van der Waals surface area contributed by atoms with Crippen LogP contribution in [0.2, 0.25) is 0 Å². The molecule has 0 aliphatic carbocycles. The van der Waals surface area contributed by atoms with Gasteiger partial charge in [0.1, 0.15) is 0 Å². The summed E-state index contributed by atoms with van der Waals surface area (Å²) in [5.74, 6) is -0.491. The molecule has 0 N–H and O–H groups in total. The molecule has 1 aromatic rings. The number of ketones is 1. The molecule has 0 atom stereocenters. The van der Waals surface area contributed by atoms with Crippen molar-refractivity contribution in [1.82, 2.24) is 4.90 Å². The van der Waals surface area contributed by atoms with Crippen molar-refractivity contribution in [3.63, 3.8) is 0 Å². The minimum atomic E-state index is -0.272. The minimum absolute atomic E-state index is 0.0723. The van der Waals surface area contributed by atoms with Crippen molar-refractivity contribution in [1.29, 1.82) is 0 Å². The molecule has 1 heterocycles. The van der Waals surface area contributed by atoms with Crippen LogP contribution in [0, 0.1) is 0 Å². The van der Waals surface area contributed by atoms with Crippen LogP contribution in [0.4, 0.5) is 0 Å². The van der Waals surface area contributed by atoms with Crippen LogP contribution in [0.5, 0.6) is 0 Å². The second kappa shape index (κ2) is 5.63. The lowest BCUT2D eigenvalue weighted by atomic mass is 10.0. The number of amides is 1. The Morgan fingerprint density at radius 2 is 1.61 bits per heavy atom. The summed E-state index contributed by atoms with van der Waals surface area (Å²) in [6.45, 7) is 5.14. The summed E-state index contributed by atoms with van der Waals surface area (Å²) in [5.41, 5.74) is 0.593. The van der Waals surface area contributed by atoms with Crippen molar-refractivity contribution < 1.29 is 9.59 Å². The van der Waals surface area contributed by atoms with Gasteiger partial charge in [-0.05, 0) is 19.3 Å². The maximum Gasteiger partial charge on any atom is 0.257 e. The Morgan fingerprint density at radius 1 is 1.00 bits per heavy atom. The summed E-state index contributed by atoms with van der Waals surface area (Å²) in [7, 11) is 0. The molecule has 1 amide bonds. The van der Waals surface area contributed by atoms with E-state index in [1.165, 1.54) is 0 Å². The van der Waals surface area contributed by atoms with E-state index in [0.717, 1.165) is 32.4 Å². The Morgan fingerprint density at radius 3 is 2.22 bits per heavy atom. The molecular weight excluding hydrogens is 226 g/mol. The van der Waals surface area contributed by atoms with Crippen LogP contribution in [0.1, 0.15) is 29.6 Å². The number of rotatable bonds is 3. The Balaban J connectivity index is 2.07. The molecule has 0 saturated carbocycles. The van der Waals surface area contributed by atoms with Crippen LogP contribution in [0.25, 0.3) is 0 Å². The number of carbonyl (C=O) groups excluding carboxylic acids is 2. The number of hydrogen-bond acceptors (Lipinski definition) is 2. The van der Waals surface area contributed by atoms with Crippen LogP contribution < -0.4 is 0 Å². The summed E-state index contributed by atoms with van der Waals surface area (Å²) < 4.78 is 0. The maximum atomic E-state index is 12.1. The van der Waals surface area contributed by atoms with Gasteiger partial charge >= 0.3 is 0 Å². The van der Waals surface area contributed by atoms with Crippen molar-refractivity contribution in [3.05, 3.63) is 48.0 Å². The molecule has 1 aliphatic rings. The Labute approximate surface area is 107 Å². The molecule has 1 aromatic carbocycles. The second-order valence-electron chi connectivity index (χ2n) is 4.53.